The maximum absolute atomic E-state index is 12.7. The molecule has 1 aliphatic carbocycles. The van der Waals surface area contributed by atoms with Crippen LogP contribution in [0.5, 0.6) is 0 Å². The molecule has 2 rings (SSSR count). The Labute approximate surface area is 171 Å². The Morgan fingerprint density at radius 2 is 1.92 bits per heavy atom. The highest BCUT2D eigenvalue weighted by Crippen LogP contribution is 2.37. The first-order valence-electron chi connectivity index (χ1n) is 9.18. The predicted octanol–water partition coefficient (Wildman–Crippen LogP) is 3.00. The fourth-order valence-electron chi connectivity index (χ4n) is 3.71. The number of guanidine groups is 1. The van der Waals surface area contributed by atoms with Gasteiger partial charge in [-0.05, 0) is 39.5 Å². The second-order valence-corrected chi connectivity index (χ2v) is 7.20. The fraction of sp³-hybridized carbons (Fsp3) is 0.941. The van der Waals surface area contributed by atoms with E-state index in [4.69, 9.17) is 4.74 Å². The largest absolute Gasteiger partial charge is 0.391 e. The highest BCUT2D eigenvalue weighted by atomic mass is 127. The number of nitrogens with one attached hydrogen (secondary N) is 2. The minimum Gasteiger partial charge on any atom is -0.379 e. The van der Waals surface area contributed by atoms with Crippen molar-refractivity contribution in [1.82, 2.24) is 15.5 Å². The molecular weight excluding hydrogens is 460 g/mol. The van der Waals surface area contributed by atoms with Gasteiger partial charge in [-0.3, -0.25) is 9.89 Å². The van der Waals surface area contributed by atoms with Crippen molar-refractivity contribution in [2.24, 2.45) is 10.9 Å². The zero-order valence-corrected chi connectivity index (χ0v) is 18.1. The minimum absolute atomic E-state index is 0. The van der Waals surface area contributed by atoms with Gasteiger partial charge >= 0.3 is 6.18 Å². The van der Waals surface area contributed by atoms with Crippen molar-refractivity contribution in [3.63, 3.8) is 0 Å². The molecule has 0 bridgehead atoms. The molecule has 1 saturated heterocycles. The van der Waals surface area contributed by atoms with E-state index in [1.165, 1.54) is 0 Å². The first-order valence-corrected chi connectivity index (χ1v) is 9.18. The van der Waals surface area contributed by atoms with Crippen molar-refractivity contribution in [3.8, 4) is 0 Å². The Kier molecular flexibility index (Phi) is 9.95. The number of morpholine rings is 1. The van der Waals surface area contributed by atoms with E-state index < -0.39 is 12.1 Å². The van der Waals surface area contributed by atoms with Crippen LogP contribution in [-0.4, -0.2) is 68.5 Å². The Balaban J connectivity index is 0.00000338. The number of hydrogen-bond donors (Lipinski definition) is 2. The molecule has 2 N–H and O–H groups in total. The first kappa shape index (κ1) is 23.7. The summed E-state index contributed by atoms with van der Waals surface area (Å²) in [5.41, 5.74) is 0. The summed E-state index contributed by atoms with van der Waals surface area (Å²) in [6.07, 6.45) is -2.61. The van der Waals surface area contributed by atoms with E-state index in [9.17, 15) is 13.2 Å². The standard InChI is InChI=1S/C17H31F3N4O.HI/c1-12(24-8-9-25-11-13(24)2)10-22-16(21-3)23-15-6-4-14(5-7-15)17(18,19)20;/h12-15H,4-11H2,1-3H3,(H2,21,22,23);1H. The molecule has 0 amide bonds. The number of alkyl halides is 3. The Hall–Kier alpha value is -0.290. The molecular formula is C17H32F3IN4O. The van der Waals surface area contributed by atoms with E-state index in [1.807, 2.05) is 0 Å². The molecule has 0 radical (unpaired) electrons. The molecule has 0 aromatic heterocycles. The van der Waals surface area contributed by atoms with Crippen molar-refractivity contribution >= 4 is 29.9 Å². The SMILES string of the molecule is CN=C(NCC(C)N1CCOCC1C)NC1CCC(C(F)(F)F)CC1.I. The molecule has 1 heterocycles. The summed E-state index contributed by atoms with van der Waals surface area (Å²) in [7, 11) is 1.69. The van der Waals surface area contributed by atoms with E-state index in [1.54, 1.807) is 7.05 Å². The number of halogens is 4. The lowest BCUT2D eigenvalue weighted by molar-refractivity contribution is -0.182. The Morgan fingerprint density at radius 3 is 2.46 bits per heavy atom. The number of aliphatic imine (C=N–C) groups is 1. The third kappa shape index (κ3) is 7.03. The lowest BCUT2D eigenvalue weighted by Gasteiger charge is -2.38. The summed E-state index contributed by atoms with van der Waals surface area (Å²) in [5.74, 6) is -0.480. The predicted molar refractivity (Wildman–Crippen MR) is 108 cm³/mol. The summed E-state index contributed by atoms with van der Waals surface area (Å²) in [6.45, 7) is 7.47. The molecule has 1 aliphatic heterocycles. The molecule has 2 unspecified atom stereocenters. The molecule has 0 spiro atoms. The normalized spacial score (nSPS) is 29.6. The van der Waals surface area contributed by atoms with Crippen LogP contribution in [0.1, 0.15) is 39.5 Å². The Bertz CT molecular complexity index is 442. The van der Waals surface area contributed by atoms with E-state index in [0.717, 1.165) is 26.3 Å². The fourth-order valence-corrected chi connectivity index (χ4v) is 3.71. The lowest BCUT2D eigenvalue weighted by atomic mass is 9.85. The Morgan fingerprint density at radius 1 is 1.27 bits per heavy atom. The maximum Gasteiger partial charge on any atom is 0.391 e. The topological polar surface area (TPSA) is 48.9 Å². The molecule has 5 nitrogen and oxygen atoms in total. The van der Waals surface area contributed by atoms with Crippen LogP contribution in [0.15, 0.2) is 4.99 Å². The van der Waals surface area contributed by atoms with Gasteiger partial charge in [-0.2, -0.15) is 13.2 Å². The van der Waals surface area contributed by atoms with Gasteiger partial charge in [0.05, 0.1) is 19.1 Å². The highest BCUT2D eigenvalue weighted by Gasteiger charge is 2.41. The number of ether oxygens (including phenoxy) is 1. The molecule has 2 aliphatic rings. The summed E-state index contributed by atoms with van der Waals surface area (Å²) in [4.78, 5) is 6.62. The van der Waals surface area contributed by atoms with E-state index in [-0.39, 0.29) is 42.9 Å². The third-order valence-corrected chi connectivity index (χ3v) is 5.30. The lowest BCUT2D eigenvalue weighted by Crippen LogP contribution is -2.54. The van der Waals surface area contributed by atoms with Gasteiger partial charge < -0.3 is 15.4 Å². The van der Waals surface area contributed by atoms with Crippen molar-refractivity contribution < 1.29 is 17.9 Å². The van der Waals surface area contributed by atoms with Crippen LogP contribution >= 0.6 is 24.0 Å². The number of nitrogens with zero attached hydrogens (tertiary/aromatic N) is 2. The molecule has 1 saturated carbocycles. The van der Waals surface area contributed by atoms with Crippen LogP contribution in [0.2, 0.25) is 0 Å². The average Bonchev–Trinajstić information content (AvgIpc) is 2.58. The van der Waals surface area contributed by atoms with Crippen LogP contribution in [0.25, 0.3) is 0 Å². The average molecular weight is 492 g/mol. The monoisotopic (exact) mass is 492 g/mol. The third-order valence-electron chi connectivity index (χ3n) is 5.30. The number of hydrogen-bond acceptors (Lipinski definition) is 3. The second kappa shape index (κ2) is 10.9. The zero-order valence-electron chi connectivity index (χ0n) is 15.8. The van der Waals surface area contributed by atoms with Crippen LogP contribution in [-0.2, 0) is 4.74 Å². The number of rotatable bonds is 4. The quantitative estimate of drug-likeness (QED) is 0.360. The van der Waals surface area contributed by atoms with Gasteiger partial charge in [-0.25, -0.2) is 0 Å². The van der Waals surface area contributed by atoms with Gasteiger partial charge in [0.25, 0.3) is 0 Å². The van der Waals surface area contributed by atoms with Crippen molar-refractivity contribution in [3.05, 3.63) is 0 Å². The molecule has 9 heteroatoms. The van der Waals surface area contributed by atoms with Crippen LogP contribution in [0, 0.1) is 5.92 Å². The molecule has 0 aromatic carbocycles. The van der Waals surface area contributed by atoms with Gasteiger partial charge in [-0.1, -0.05) is 0 Å². The summed E-state index contributed by atoms with van der Waals surface area (Å²) < 4.78 is 43.7. The minimum atomic E-state index is -4.06. The van der Waals surface area contributed by atoms with E-state index >= 15 is 0 Å². The van der Waals surface area contributed by atoms with Crippen molar-refractivity contribution in [2.75, 3.05) is 33.4 Å². The zero-order chi connectivity index (χ0) is 18.4. The van der Waals surface area contributed by atoms with Gasteiger partial charge in [0.15, 0.2) is 5.96 Å². The second-order valence-electron chi connectivity index (χ2n) is 7.20. The first-order chi connectivity index (χ1) is 11.8. The molecule has 2 atom stereocenters. The van der Waals surface area contributed by atoms with Gasteiger partial charge in [0.2, 0.25) is 0 Å². The summed E-state index contributed by atoms with van der Waals surface area (Å²) in [5, 5.41) is 6.59. The van der Waals surface area contributed by atoms with Crippen molar-refractivity contribution in [1.29, 1.82) is 0 Å². The van der Waals surface area contributed by atoms with E-state index in [2.05, 4.69) is 34.4 Å². The van der Waals surface area contributed by atoms with Crippen LogP contribution in [0.3, 0.4) is 0 Å². The van der Waals surface area contributed by atoms with Gasteiger partial charge in [0, 0.05) is 38.3 Å². The smallest absolute Gasteiger partial charge is 0.379 e. The molecule has 26 heavy (non-hydrogen) atoms. The molecule has 2 fully saturated rings. The summed E-state index contributed by atoms with van der Waals surface area (Å²) in [6, 6.07) is 0.777. The van der Waals surface area contributed by atoms with Crippen molar-refractivity contribution in [2.45, 2.75) is 63.8 Å². The van der Waals surface area contributed by atoms with Crippen LogP contribution < -0.4 is 10.6 Å². The van der Waals surface area contributed by atoms with Crippen LogP contribution in [0.4, 0.5) is 13.2 Å². The highest BCUT2D eigenvalue weighted by molar-refractivity contribution is 14.0. The molecule has 0 aromatic rings. The van der Waals surface area contributed by atoms with Gasteiger partial charge in [0.1, 0.15) is 0 Å². The molecule has 154 valence electrons. The van der Waals surface area contributed by atoms with Gasteiger partial charge in [-0.15, -0.1) is 24.0 Å². The van der Waals surface area contributed by atoms with E-state index in [0.29, 0.717) is 30.9 Å². The summed E-state index contributed by atoms with van der Waals surface area (Å²) >= 11 is 0. The maximum atomic E-state index is 12.7.